The van der Waals surface area contributed by atoms with E-state index in [0.717, 1.165) is 4.90 Å². The van der Waals surface area contributed by atoms with E-state index in [-0.39, 0.29) is 21.2 Å². The smallest absolute Gasteiger partial charge is 0.265 e. The van der Waals surface area contributed by atoms with Crippen LogP contribution >= 0.6 is 35.0 Å². The fraction of sp³-hybridized carbons (Fsp3) is 0.167. The van der Waals surface area contributed by atoms with Gasteiger partial charge in [0.25, 0.3) is 10.0 Å². The molecule has 0 aliphatic rings. The van der Waals surface area contributed by atoms with Gasteiger partial charge in [-0.2, -0.15) is 15.0 Å². The molecule has 0 spiro atoms. The molecule has 12 heteroatoms. The van der Waals surface area contributed by atoms with Crippen LogP contribution in [-0.2, 0) is 10.0 Å². The lowest BCUT2D eigenvalue weighted by atomic mass is 10.4. The van der Waals surface area contributed by atoms with E-state index in [9.17, 15) is 13.2 Å². The highest BCUT2D eigenvalue weighted by molar-refractivity contribution is 7.98. The first-order valence-electron chi connectivity index (χ1n) is 6.25. The Morgan fingerprint density at radius 2 is 1.88 bits per heavy atom. The maximum Gasteiger partial charge on any atom is 0.337 e. The number of hydrogen-bond donors (Lipinski definition) is 1. The van der Waals surface area contributed by atoms with Gasteiger partial charge in [-0.25, -0.2) is 17.9 Å². The molecule has 0 atom stereocenters. The van der Waals surface area contributed by atoms with Gasteiger partial charge < -0.3 is 0 Å². The topological polar surface area (TPSA) is 105 Å². The van der Waals surface area contributed by atoms with Gasteiger partial charge in [0, 0.05) is 7.05 Å². The number of thioether (sulfide) groups is 1. The molecule has 1 aromatic carbocycles. The number of urea groups is 1. The highest BCUT2D eigenvalue weighted by atomic mass is 35.5. The molecule has 0 radical (unpaired) electrons. The van der Waals surface area contributed by atoms with Gasteiger partial charge in [-0.3, -0.25) is 4.90 Å². The van der Waals surface area contributed by atoms with Crippen molar-refractivity contribution in [2.45, 2.75) is 10.1 Å². The number of anilines is 1. The van der Waals surface area contributed by atoms with Gasteiger partial charge in [-0.1, -0.05) is 35.5 Å². The van der Waals surface area contributed by atoms with Crippen LogP contribution in [0, 0.1) is 0 Å². The number of rotatable bonds is 4. The number of amides is 2. The van der Waals surface area contributed by atoms with Crippen LogP contribution in [-0.4, -0.2) is 42.7 Å². The predicted molar refractivity (Wildman–Crippen MR) is 92.2 cm³/mol. The summed E-state index contributed by atoms with van der Waals surface area (Å²) in [6.07, 6.45) is 1.72. The molecule has 0 aliphatic heterocycles. The Morgan fingerprint density at radius 3 is 2.50 bits per heavy atom. The summed E-state index contributed by atoms with van der Waals surface area (Å²) in [6, 6.07) is 4.78. The fourth-order valence-electron chi connectivity index (χ4n) is 1.56. The van der Waals surface area contributed by atoms with Crippen molar-refractivity contribution in [2.24, 2.45) is 0 Å². The molecule has 2 aromatic rings. The molecule has 0 saturated heterocycles. The summed E-state index contributed by atoms with van der Waals surface area (Å²) in [5.41, 5.74) is 0. The van der Waals surface area contributed by atoms with Crippen LogP contribution in [0.5, 0.6) is 0 Å². The van der Waals surface area contributed by atoms with Gasteiger partial charge in [0.15, 0.2) is 5.16 Å². The molecule has 0 bridgehead atoms. The highest BCUT2D eigenvalue weighted by Gasteiger charge is 2.24. The summed E-state index contributed by atoms with van der Waals surface area (Å²) >= 11 is 12.8. The summed E-state index contributed by atoms with van der Waals surface area (Å²) in [5, 5.41) is 0.171. The summed E-state index contributed by atoms with van der Waals surface area (Å²) in [7, 11) is -2.85. The van der Waals surface area contributed by atoms with Gasteiger partial charge in [0.05, 0.1) is 5.02 Å². The van der Waals surface area contributed by atoms with Crippen LogP contribution in [0.3, 0.4) is 0 Å². The molecule has 0 saturated carbocycles. The number of halogens is 2. The molecule has 0 aliphatic carbocycles. The van der Waals surface area contributed by atoms with E-state index in [1.165, 1.54) is 37.0 Å². The molecule has 24 heavy (non-hydrogen) atoms. The van der Waals surface area contributed by atoms with Crippen LogP contribution in [0.1, 0.15) is 0 Å². The van der Waals surface area contributed by atoms with Crippen molar-refractivity contribution in [3.05, 3.63) is 34.6 Å². The second-order valence-electron chi connectivity index (χ2n) is 4.29. The maximum atomic E-state index is 12.3. The van der Waals surface area contributed by atoms with Crippen molar-refractivity contribution in [1.29, 1.82) is 0 Å². The first-order valence-corrected chi connectivity index (χ1v) is 9.71. The van der Waals surface area contributed by atoms with Crippen molar-refractivity contribution in [2.75, 3.05) is 18.2 Å². The lowest BCUT2D eigenvalue weighted by molar-refractivity contribution is 0.252. The number of hydrogen-bond acceptors (Lipinski definition) is 7. The van der Waals surface area contributed by atoms with Crippen molar-refractivity contribution >= 4 is 57.0 Å². The zero-order valence-corrected chi connectivity index (χ0v) is 15.5. The average Bonchev–Trinajstić information content (AvgIpc) is 2.53. The Balaban J connectivity index is 2.26. The Kier molecular flexibility index (Phi) is 5.86. The lowest BCUT2D eigenvalue weighted by Crippen LogP contribution is -2.41. The van der Waals surface area contributed by atoms with Gasteiger partial charge in [0.2, 0.25) is 11.2 Å². The van der Waals surface area contributed by atoms with E-state index >= 15 is 0 Å². The molecular weight excluding hydrogens is 397 g/mol. The third-order valence-corrected chi connectivity index (χ3v) is 5.25. The third kappa shape index (κ3) is 4.26. The molecular formula is C12H11Cl2N5O3S2. The van der Waals surface area contributed by atoms with Crippen molar-refractivity contribution in [3.63, 3.8) is 0 Å². The first kappa shape index (κ1) is 18.7. The molecule has 128 valence electrons. The molecule has 1 aromatic heterocycles. The van der Waals surface area contributed by atoms with Crippen molar-refractivity contribution in [1.82, 2.24) is 19.7 Å². The molecule has 1 heterocycles. The van der Waals surface area contributed by atoms with Crippen LogP contribution < -0.4 is 9.62 Å². The standard InChI is InChI=1S/C12H11Cl2N5O3S2/c1-19(10-15-9(14)16-11(17-10)23-2)12(20)18-24(21,22)8-6-4-3-5-7(8)13/h3-6H,1-2H3,(H,18,20). The Bertz CT molecular complexity index is 879. The first-order chi connectivity index (χ1) is 11.2. The minimum absolute atomic E-state index is 0.00618. The molecule has 0 fully saturated rings. The van der Waals surface area contributed by atoms with Crippen LogP contribution in [0.4, 0.5) is 10.7 Å². The van der Waals surface area contributed by atoms with E-state index < -0.39 is 16.1 Å². The van der Waals surface area contributed by atoms with Gasteiger partial charge in [-0.05, 0) is 30.0 Å². The van der Waals surface area contributed by atoms with E-state index in [2.05, 4.69) is 15.0 Å². The van der Waals surface area contributed by atoms with E-state index in [1.807, 2.05) is 4.72 Å². The largest absolute Gasteiger partial charge is 0.337 e. The van der Waals surface area contributed by atoms with E-state index in [0.29, 0.717) is 5.16 Å². The number of nitrogens with one attached hydrogen (secondary N) is 1. The number of aromatic nitrogens is 3. The van der Waals surface area contributed by atoms with E-state index in [1.54, 1.807) is 12.3 Å². The fourth-order valence-corrected chi connectivity index (χ4v) is 3.61. The molecule has 2 amide bonds. The zero-order valence-electron chi connectivity index (χ0n) is 12.4. The molecule has 1 N–H and O–H groups in total. The quantitative estimate of drug-likeness (QED) is 0.775. The molecule has 8 nitrogen and oxygen atoms in total. The van der Waals surface area contributed by atoms with Crippen LogP contribution in [0.15, 0.2) is 34.3 Å². The number of nitrogens with zero attached hydrogens (tertiary/aromatic N) is 4. The summed E-state index contributed by atoms with van der Waals surface area (Å²) in [6.45, 7) is 0. The Morgan fingerprint density at radius 1 is 1.21 bits per heavy atom. The normalized spacial score (nSPS) is 11.2. The molecule has 2 rings (SSSR count). The monoisotopic (exact) mass is 407 g/mol. The maximum absolute atomic E-state index is 12.3. The predicted octanol–water partition coefficient (Wildman–Crippen LogP) is 2.44. The van der Waals surface area contributed by atoms with Crippen molar-refractivity contribution in [3.8, 4) is 0 Å². The minimum atomic E-state index is -4.15. The van der Waals surface area contributed by atoms with Crippen LogP contribution in [0.25, 0.3) is 0 Å². The minimum Gasteiger partial charge on any atom is -0.265 e. The number of carbonyl (C=O) groups excluding carboxylic acids is 1. The second kappa shape index (κ2) is 7.51. The number of benzene rings is 1. The van der Waals surface area contributed by atoms with Crippen LogP contribution in [0.2, 0.25) is 10.3 Å². The Labute approximate surface area is 152 Å². The molecule has 0 unspecified atom stereocenters. The Hall–Kier alpha value is -1.62. The number of carbonyl (C=O) groups is 1. The van der Waals surface area contributed by atoms with Gasteiger partial charge in [-0.15, -0.1) is 0 Å². The second-order valence-corrected chi connectivity index (χ2v) is 7.46. The summed E-state index contributed by atoms with van der Waals surface area (Å²) in [5.74, 6) is -0.0915. The lowest BCUT2D eigenvalue weighted by Gasteiger charge is -2.16. The van der Waals surface area contributed by atoms with Gasteiger partial charge >= 0.3 is 6.03 Å². The highest BCUT2D eigenvalue weighted by Crippen LogP contribution is 2.21. The summed E-state index contributed by atoms with van der Waals surface area (Å²) < 4.78 is 26.4. The SMILES string of the molecule is CSc1nc(Cl)nc(N(C)C(=O)NS(=O)(=O)c2ccccc2Cl)n1. The summed E-state index contributed by atoms with van der Waals surface area (Å²) in [4.78, 5) is 24.5. The van der Waals surface area contributed by atoms with Gasteiger partial charge in [0.1, 0.15) is 4.90 Å². The zero-order chi connectivity index (χ0) is 17.9. The van der Waals surface area contributed by atoms with E-state index in [4.69, 9.17) is 23.2 Å². The van der Waals surface area contributed by atoms with Crippen molar-refractivity contribution < 1.29 is 13.2 Å². The number of sulfonamides is 1. The third-order valence-electron chi connectivity index (χ3n) is 2.71. The average molecular weight is 408 g/mol.